The number of carbonyl (C=O) groups excluding carboxylic acids is 1. The predicted molar refractivity (Wildman–Crippen MR) is 105 cm³/mol. The first-order valence-electron chi connectivity index (χ1n) is 8.94. The van der Waals surface area contributed by atoms with Gasteiger partial charge in [-0.3, -0.25) is 4.79 Å². The van der Waals surface area contributed by atoms with Crippen molar-refractivity contribution in [1.82, 2.24) is 14.9 Å². The van der Waals surface area contributed by atoms with Gasteiger partial charge in [-0.2, -0.15) is 5.26 Å². The van der Waals surface area contributed by atoms with Gasteiger partial charge < -0.3 is 4.90 Å². The van der Waals surface area contributed by atoms with Gasteiger partial charge in [0.05, 0.1) is 34.1 Å². The van der Waals surface area contributed by atoms with E-state index in [9.17, 15) is 4.79 Å². The molecular formula is C22H22N4O. The molecule has 0 aliphatic rings. The zero-order valence-corrected chi connectivity index (χ0v) is 16.0. The van der Waals surface area contributed by atoms with Gasteiger partial charge in [-0.15, -0.1) is 0 Å². The van der Waals surface area contributed by atoms with E-state index >= 15 is 0 Å². The van der Waals surface area contributed by atoms with Crippen LogP contribution >= 0.6 is 0 Å². The Labute approximate surface area is 159 Å². The number of benzene rings is 2. The fourth-order valence-electron chi connectivity index (χ4n) is 2.90. The summed E-state index contributed by atoms with van der Waals surface area (Å²) in [5.74, 6) is -0.0451. The number of aryl methyl sites for hydroxylation is 2. The van der Waals surface area contributed by atoms with Crippen molar-refractivity contribution in [2.75, 3.05) is 0 Å². The Hall–Kier alpha value is -3.26. The molecule has 0 unspecified atom stereocenters. The van der Waals surface area contributed by atoms with E-state index in [1.165, 1.54) is 0 Å². The number of hydrogen-bond donors (Lipinski definition) is 0. The lowest BCUT2D eigenvalue weighted by atomic mass is 10.1. The number of hydrogen-bond acceptors (Lipinski definition) is 4. The highest BCUT2D eigenvalue weighted by Gasteiger charge is 2.20. The van der Waals surface area contributed by atoms with E-state index in [1.54, 1.807) is 12.1 Å². The van der Waals surface area contributed by atoms with Crippen molar-refractivity contribution >= 4 is 16.9 Å². The van der Waals surface area contributed by atoms with Gasteiger partial charge in [-0.1, -0.05) is 12.1 Å². The van der Waals surface area contributed by atoms with Crippen molar-refractivity contribution in [2.24, 2.45) is 0 Å². The summed E-state index contributed by atoms with van der Waals surface area (Å²) in [6, 6.07) is 14.9. The molecule has 2 aromatic carbocycles. The van der Waals surface area contributed by atoms with Crippen LogP contribution < -0.4 is 0 Å². The topological polar surface area (TPSA) is 69.9 Å². The third-order valence-electron chi connectivity index (χ3n) is 4.64. The number of carbonyl (C=O) groups is 1. The van der Waals surface area contributed by atoms with Crippen LogP contribution in [0.4, 0.5) is 0 Å². The molecule has 0 radical (unpaired) electrons. The fraction of sp³-hybridized carbons (Fsp3) is 0.273. The molecule has 27 heavy (non-hydrogen) atoms. The van der Waals surface area contributed by atoms with E-state index in [0.29, 0.717) is 17.7 Å². The van der Waals surface area contributed by atoms with E-state index in [4.69, 9.17) is 5.26 Å². The molecule has 3 rings (SSSR count). The average molecular weight is 358 g/mol. The minimum absolute atomic E-state index is 0.0367. The Morgan fingerprint density at radius 2 is 1.67 bits per heavy atom. The second-order valence-electron chi connectivity index (χ2n) is 6.93. The molecule has 0 fully saturated rings. The maximum Gasteiger partial charge on any atom is 0.254 e. The second kappa shape index (κ2) is 7.55. The summed E-state index contributed by atoms with van der Waals surface area (Å²) in [6.07, 6.45) is 0. The van der Waals surface area contributed by atoms with Crippen LogP contribution in [0.1, 0.15) is 46.7 Å². The van der Waals surface area contributed by atoms with Crippen molar-refractivity contribution in [3.8, 4) is 6.07 Å². The zero-order valence-electron chi connectivity index (χ0n) is 16.0. The van der Waals surface area contributed by atoms with Crippen LogP contribution in [0.2, 0.25) is 0 Å². The van der Waals surface area contributed by atoms with Crippen LogP contribution in [0, 0.1) is 25.2 Å². The standard InChI is InChI=1S/C22H22N4O/c1-14(2)26(13-18-7-5-17(12-23)6-8-18)22(27)19-9-10-20-21(11-19)25-16(4)15(3)24-20/h5-11,14H,13H2,1-4H3. The minimum Gasteiger partial charge on any atom is -0.332 e. The molecule has 136 valence electrons. The van der Waals surface area contributed by atoms with Gasteiger partial charge in [-0.25, -0.2) is 9.97 Å². The summed E-state index contributed by atoms with van der Waals surface area (Å²) in [5, 5.41) is 8.93. The Kier molecular flexibility index (Phi) is 5.18. The van der Waals surface area contributed by atoms with E-state index in [0.717, 1.165) is 28.0 Å². The number of fused-ring (bicyclic) bond motifs is 1. The zero-order chi connectivity index (χ0) is 19.6. The molecular weight excluding hydrogens is 336 g/mol. The summed E-state index contributed by atoms with van der Waals surface area (Å²) in [6.45, 7) is 8.32. The molecule has 5 nitrogen and oxygen atoms in total. The molecule has 0 bridgehead atoms. The van der Waals surface area contributed by atoms with Crippen LogP contribution in [-0.4, -0.2) is 26.8 Å². The highest BCUT2D eigenvalue weighted by atomic mass is 16.2. The molecule has 1 heterocycles. The molecule has 0 saturated carbocycles. The summed E-state index contributed by atoms with van der Waals surface area (Å²) in [5.41, 5.74) is 5.48. The molecule has 3 aromatic rings. The highest BCUT2D eigenvalue weighted by Crippen LogP contribution is 2.18. The monoisotopic (exact) mass is 358 g/mol. The molecule has 1 aromatic heterocycles. The normalized spacial score (nSPS) is 10.8. The van der Waals surface area contributed by atoms with E-state index in [1.807, 2.05) is 62.9 Å². The largest absolute Gasteiger partial charge is 0.332 e. The lowest BCUT2D eigenvalue weighted by Crippen LogP contribution is -2.36. The summed E-state index contributed by atoms with van der Waals surface area (Å²) in [7, 11) is 0. The second-order valence-corrected chi connectivity index (χ2v) is 6.93. The van der Waals surface area contributed by atoms with Crippen LogP contribution in [0.25, 0.3) is 11.0 Å². The molecule has 5 heteroatoms. The molecule has 0 spiro atoms. The third kappa shape index (κ3) is 3.95. The Bertz CT molecular complexity index is 1030. The summed E-state index contributed by atoms with van der Waals surface area (Å²) < 4.78 is 0. The molecule has 0 aliphatic carbocycles. The Balaban J connectivity index is 1.91. The highest BCUT2D eigenvalue weighted by molar-refractivity contribution is 5.97. The van der Waals surface area contributed by atoms with Gasteiger partial charge in [0.15, 0.2) is 0 Å². The molecule has 1 amide bonds. The third-order valence-corrected chi connectivity index (χ3v) is 4.64. The number of rotatable bonds is 4. The predicted octanol–water partition coefficient (Wildman–Crippen LogP) is 4.17. The lowest BCUT2D eigenvalue weighted by Gasteiger charge is -2.27. The van der Waals surface area contributed by atoms with Crippen LogP contribution in [0.15, 0.2) is 42.5 Å². The van der Waals surface area contributed by atoms with Crippen molar-refractivity contribution in [3.05, 3.63) is 70.5 Å². The van der Waals surface area contributed by atoms with Gasteiger partial charge in [0.25, 0.3) is 5.91 Å². The van der Waals surface area contributed by atoms with E-state index in [-0.39, 0.29) is 11.9 Å². The molecule has 0 atom stereocenters. The Morgan fingerprint density at radius 1 is 1.04 bits per heavy atom. The minimum atomic E-state index is -0.0451. The van der Waals surface area contributed by atoms with Crippen molar-refractivity contribution < 1.29 is 4.79 Å². The van der Waals surface area contributed by atoms with Gasteiger partial charge in [0.1, 0.15) is 0 Å². The van der Waals surface area contributed by atoms with Crippen molar-refractivity contribution in [3.63, 3.8) is 0 Å². The first-order valence-corrected chi connectivity index (χ1v) is 8.94. The number of aromatic nitrogens is 2. The van der Waals surface area contributed by atoms with Gasteiger partial charge in [0, 0.05) is 18.2 Å². The summed E-state index contributed by atoms with van der Waals surface area (Å²) >= 11 is 0. The lowest BCUT2D eigenvalue weighted by molar-refractivity contribution is 0.0690. The van der Waals surface area contributed by atoms with Crippen molar-refractivity contribution in [1.29, 1.82) is 5.26 Å². The van der Waals surface area contributed by atoms with Crippen LogP contribution in [-0.2, 0) is 6.54 Å². The molecule has 0 saturated heterocycles. The number of nitriles is 1. The summed E-state index contributed by atoms with van der Waals surface area (Å²) in [4.78, 5) is 24.0. The SMILES string of the molecule is Cc1nc2ccc(C(=O)N(Cc3ccc(C#N)cc3)C(C)C)cc2nc1C. The number of nitrogens with zero attached hydrogens (tertiary/aromatic N) is 4. The first-order chi connectivity index (χ1) is 12.9. The quantitative estimate of drug-likeness (QED) is 0.702. The maximum atomic E-state index is 13.1. The molecule has 0 aliphatic heterocycles. The van der Waals surface area contributed by atoms with Crippen LogP contribution in [0.3, 0.4) is 0 Å². The van der Waals surface area contributed by atoms with Gasteiger partial charge in [-0.05, 0) is 63.6 Å². The van der Waals surface area contributed by atoms with E-state index in [2.05, 4.69) is 16.0 Å². The smallest absolute Gasteiger partial charge is 0.254 e. The first kappa shape index (κ1) is 18.5. The van der Waals surface area contributed by atoms with Crippen LogP contribution in [0.5, 0.6) is 0 Å². The van der Waals surface area contributed by atoms with Gasteiger partial charge >= 0.3 is 0 Å². The average Bonchev–Trinajstić information content (AvgIpc) is 2.66. The molecule has 0 N–H and O–H groups in total. The van der Waals surface area contributed by atoms with Crippen molar-refractivity contribution in [2.45, 2.75) is 40.3 Å². The van der Waals surface area contributed by atoms with Gasteiger partial charge in [0.2, 0.25) is 0 Å². The van der Waals surface area contributed by atoms with E-state index < -0.39 is 0 Å². The Morgan fingerprint density at radius 3 is 2.26 bits per heavy atom. The fourth-order valence-corrected chi connectivity index (χ4v) is 2.90. The maximum absolute atomic E-state index is 13.1. The number of amides is 1.